The molecule has 0 heteroatoms. The van der Waals surface area contributed by atoms with E-state index in [9.17, 15) is 0 Å². The molecule has 0 aliphatic heterocycles. The zero-order chi connectivity index (χ0) is 6.74. The lowest BCUT2D eigenvalue weighted by atomic mass is 9.77. The zero-order valence-electron chi connectivity index (χ0n) is 5.82. The molecule has 0 bridgehead atoms. The van der Waals surface area contributed by atoms with Gasteiger partial charge in [0, 0.05) is 5.41 Å². The SMILES string of the molecule is C#CC1([CH2])CCCCC1. The van der Waals surface area contributed by atoms with Crippen molar-refractivity contribution in [3.63, 3.8) is 0 Å². The standard InChI is InChI=1S/C9H13/c1-3-9(2)7-5-4-6-8-9/h1H,2,4-8H2. The molecule has 1 radical (unpaired) electrons. The Hall–Kier alpha value is -0.440. The summed E-state index contributed by atoms with van der Waals surface area (Å²) in [7, 11) is 0. The second-order valence-corrected chi connectivity index (χ2v) is 2.99. The molecule has 1 fully saturated rings. The van der Waals surface area contributed by atoms with Gasteiger partial charge in [-0.3, -0.25) is 0 Å². The van der Waals surface area contributed by atoms with Crippen molar-refractivity contribution in [3.8, 4) is 12.3 Å². The Labute approximate surface area is 57.7 Å². The van der Waals surface area contributed by atoms with Crippen molar-refractivity contribution in [1.82, 2.24) is 0 Å². The van der Waals surface area contributed by atoms with Crippen molar-refractivity contribution >= 4 is 0 Å². The first-order chi connectivity index (χ1) is 4.27. The van der Waals surface area contributed by atoms with Crippen molar-refractivity contribution in [2.75, 3.05) is 0 Å². The van der Waals surface area contributed by atoms with E-state index < -0.39 is 0 Å². The van der Waals surface area contributed by atoms with E-state index in [0.717, 1.165) is 12.8 Å². The van der Waals surface area contributed by atoms with Crippen LogP contribution in [0.15, 0.2) is 0 Å². The molecule has 0 spiro atoms. The van der Waals surface area contributed by atoms with Crippen molar-refractivity contribution in [3.05, 3.63) is 6.92 Å². The Bertz CT molecular complexity index is 121. The van der Waals surface area contributed by atoms with Crippen LogP contribution >= 0.6 is 0 Å². The summed E-state index contributed by atoms with van der Waals surface area (Å²) in [4.78, 5) is 0. The summed E-state index contributed by atoms with van der Waals surface area (Å²) >= 11 is 0. The average molecular weight is 121 g/mol. The molecule has 0 aromatic carbocycles. The predicted molar refractivity (Wildman–Crippen MR) is 39.7 cm³/mol. The Morgan fingerprint density at radius 1 is 1.22 bits per heavy atom. The number of hydrogen-bond acceptors (Lipinski definition) is 0. The first kappa shape index (κ1) is 6.68. The van der Waals surface area contributed by atoms with Gasteiger partial charge in [-0.1, -0.05) is 25.2 Å². The molecule has 49 valence electrons. The van der Waals surface area contributed by atoms with Crippen molar-refractivity contribution in [2.45, 2.75) is 32.1 Å². The lowest BCUT2D eigenvalue weighted by molar-refractivity contribution is 0.336. The minimum absolute atomic E-state index is 0.00174. The normalized spacial score (nSPS) is 24.9. The summed E-state index contributed by atoms with van der Waals surface area (Å²) in [5.41, 5.74) is -0.00174. The topological polar surface area (TPSA) is 0 Å². The molecule has 0 atom stereocenters. The summed E-state index contributed by atoms with van der Waals surface area (Å²) in [6.45, 7) is 4.01. The summed E-state index contributed by atoms with van der Waals surface area (Å²) in [5, 5.41) is 0. The van der Waals surface area contributed by atoms with E-state index in [0.29, 0.717) is 0 Å². The Morgan fingerprint density at radius 3 is 2.11 bits per heavy atom. The van der Waals surface area contributed by atoms with Gasteiger partial charge in [0.2, 0.25) is 0 Å². The molecule has 0 unspecified atom stereocenters. The molecule has 1 saturated carbocycles. The van der Waals surface area contributed by atoms with Crippen molar-refractivity contribution in [1.29, 1.82) is 0 Å². The predicted octanol–water partition coefficient (Wildman–Crippen LogP) is 2.40. The van der Waals surface area contributed by atoms with Gasteiger partial charge in [-0.25, -0.2) is 0 Å². The average Bonchev–Trinajstić information content (AvgIpc) is 1.90. The van der Waals surface area contributed by atoms with E-state index in [2.05, 4.69) is 12.8 Å². The molecule has 0 N–H and O–H groups in total. The van der Waals surface area contributed by atoms with Gasteiger partial charge >= 0.3 is 0 Å². The van der Waals surface area contributed by atoms with Gasteiger partial charge < -0.3 is 0 Å². The van der Waals surface area contributed by atoms with Crippen LogP contribution in [0.4, 0.5) is 0 Å². The van der Waals surface area contributed by atoms with Crippen LogP contribution in [0.1, 0.15) is 32.1 Å². The molecule has 9 heavy (non-hydrogen) atoms. The fourth-order valence-electron chi connectivity index (χ4n) is 1.37. The number of hydrogen-bond donors (Lipinski definition) is 0. The van der Waals surface area contributed by atoms with Crippen LogP contribution in [-0.2, 0) is 0 Å². The highest BCUT2D eigenvalue weighted by Crippen LogP contribution is 2.34. The van der Waals surface area contributed by atoms with Crippen LogP contribution in [0.2, 0.25) is 0 Å². The van der Waals surface area contributed by atoms with E-state index in [1.54, 1.807) is 0 Å². The van der Waals surface area contributed by atoms with Crippen molar-refractivity contribution in [2.24, 2.45) is 5.41 Å². The zero-order valence-corrected chi connectivity index (χ0v) is 5.82. The Morgan fingerprint density at radius 2 is 1.78 bits per heavy atom. The molecule has 1 aliphatic carbocycles. The molecule has 1 aliphatic rings. The van der Waals surface area contributed by atoms with E-state index in [1.807, 2.05) is 0 Å². The van der Waals surface area contributed by atoms with E-state index >= 15 is 0 Å². The highest BCUT2D eigenvalue weighted by molar-refractivity contribution is 5.08. The van der Waals surface area contributed by atoms with Crippen LogP contribution in [0, 0.1) is 24.7 Å². The highest BCUT2D eigenvalue weighted by atomic mass is 14.3. The first-order valence-electron chi connectivity index (χ1n) is 3.60. The smallest absolute Gasteiger partial charge is 0.0312 e. The maximum Gasteiger partial charge on any atom is 0.0312 e. The summed E-state index contributed by atoms with van der Waals surface area (Å²) in [5.74, 6) is 2.77. The minimum Gasteiger partial charge on any atom is -0.120 e. The lowest BCUT2D eigenvalue weighted by Gasteiger charge is -2.27. The van der Waals surface area contributed by atoms with Gasteiger partial charge in [-0.2, -0.15) is 0 Å². The van der Waals surface area contributed by atoms with Gasteiger partial charge in [0.15, 0.2) is 0 Å². The van der Waals surface area contributed by atoms with Gasteiger partial charge in [0.25, 0.3) is 0 Å². The monoisotopic (exact) mass is 121 g/mol. The molecular formula is C9H13. The first-order valence-corrected chi connectivity index (χ1v) is 3.60. The van der Waals surface area contributed by atoms with Gasteiger partial charge in [-0.15, -0.1) is 6.42 Å². The molecule has 0 heterocycles. The van der Waals surface area contributed by atoms with E-state index in [1.165, 1.54) is 19.3 Å². The van der Waals surface area contributed by atoms with Crippen LogP contribution in [0.25, 0.3) is 0 Å². The lowest BCUT2D eigenvalue weighted by Crippen LogP contribution is -2.17. The maximum absolute atomic E-state index is 5.32. The second-order valence-electron chi connectivity index (χ2n) is 2.99. The van der Waals surface area contributed by atoms with E-state index in [-0.39, 0.29) is 5.41 Å². The quantitative estimate of drug-likeness (QED) is 0.432. The molecule has 1 rings (SSSR count). The van der Waals surface area contributed by atoms with Crippen LogP contribution in [0.3, 0.4) is 0 Å². The fourth-order valence-corrected chi connectivity index (χ4v) is 1.37. The maximum atomic E-state index is 5.32. The summed E-state index contributed by atoms with van der Waals surface area (Å²) < 4.78 is 0. The molecule has 0 aromatic rings. The van der Waals surface area contributed by atoms with Gasteiger partial charge in [0.1, 0.15) is 0 Å². The molecule has 0 saturated heterocycles. The van der Waals surface area contributed by atoms with Crippen molar-refractivity contribution < 1.29 is 0 Å². The third-order valence-electron chi connectivity index (χ3n) is 2.12. The van der Waals surface area contributed by atoms with Crippen LogP contribution in [-0.4, -0.2) is 0 Å². The van der Waals surface area contributed by atoms with E-state index in [4.69, 9.17) is 6.42 Å². The molecule has 0 nitrogen and oxygen atoms in total. The molecule has 0 aromatic heterocycles. The fraction of sp³-hybridized carbons (Fsp3) is 0.667. The third kappa shape index (κ3) is 1.48. The third-order valence-corrected chi connectivity index (χ3v) is 2.12. The van der Waals surface area contributed by atoms with Gasteiger partial charge in [-0.05, 0) is 19.8 Å². The van der Waals surface area contributed by atoms with Crippen LogP contribution in [0.5, 0.6) is 0 Å². The second kappa shape index (κ2) is 2.43. The van der Waals surface area contributed by atoms with Crippen LogP contribution < -0.4 is 0 Å². The highest BCUT2D eigenvalue weighted by Gasteiger charge is 2.23. The minimum atomic E-state index is -0.00174. The van der Waals surface area contributed by atoms with Gasteiger partial charge in [0.05, 0.1) is 0 Å². The Balaban J connectivity index is 2.49. The largest absolute Gasteiger partial charge is 0.120 e. The molecule has 0 amide bonds. The Kier molecular flexibility index (Phi) is 1.81. The summed E-state index contributed by atoms with van der Waals surface area (Å²) in [6.07, 6.45) is 11.5. The number of rotatable bonds is 0. The summed E-state index contributed by atoms with van der Waals surface area (Å²) in [6, 6.07) is 0. The number of terminal acetylenes is 1. The molecular weight excluding hydrogens is 108 g/mol.